The predicted octanol–water partition coefficient (Wildman–Crippen LogP) is 3.54. The Kier molecular flexibility index (Phi) is 5.31. The highest BCUT2D eigenvalue weighted by Gasteiger charge is 2.10. The minimum absolute atomic E-state index is 0.162. The van der Waals surface area contributed by atoms with Gasteiger partial charge in [-0.2, -0.15) is 0 Å². The monoisotopic (exact) mass is 239 g/mol. The molecule has 1 unspecified atom stereocenters. The molecule has 0 saturated carbocycles. The van der Waals surface area contributed by atoms with Crippen LogP contribution >= 0.6 is 11.6 Å². The van der Waals surface area contributed by atoms with Crippen molar-refractivity contribution in [3.63, 3.8) is 0 Å². The zero-order valence-corrected chi connectivity index (χ0v) is 10.0. The van der Waals surface area contributed by atoms with Crippen LogP contribution in [0.25, 0.3) is 0 Å². The standard InChI is InChI=1S/C13H15ClFN/c1-3-4-5-6-13(16-2)10-7-8-12(15)11(14)9-10/h1,7-9,13,16H,4-6H2,2H3. The van der Waals surface area contributed by atoms with Gasteiger partial charge in [0.15, 0.2) is 0 Å². The normalized spacial score (nSPS) is 12.1. The number of benzene rings is 1. The van der Waals surface area contributed by atoms with Gasteiger partial charge in [0.2, 0.25) is 0 Å². The molecule has 0 aliphatic rings. The summed E-state index contributed by atoms with van der Waals surface area (Å²) in [7, 11) is 1.87. The van der Waals surface area contributed by atoms with Gasteiger partial charge in [0.25, 0.3) is 0 Å². The van der Waals surface area contributed by atoms with Crippen molar-refractivity contribution < 1.29 is 4.39 Å². The van der Waals surface area contributed by atoms with E-state index in [9.17, 15) is 4.39 Å². The number of rotatable bonds is 5. The molecule has 1 aromatic carbocycles. The molecule has 3 heteroatoms. The van der Waals surface area contributed by atoms with Gasteiger partial charge in [0.05, 0.1) is 5.02 Å². The lowest BCUT2D eigenvalue weighted by Crippen LogP contribution is -2.16. The second-order valence-corrected chi connectivity index (χ2v) is 4.02. The molecule has 0 fully saturated rings. The Morgan fingerprint density at radius 3 is 2.88 bits per heavy atom. The highest BCUT2D eigenvalue weighted by atomic mass is 35.5. The highest BCUT2D eigenvalue weighted by Crippen LogP contribution is 2.23. The third kappa shape index (κ3) is 3.52. The maximum Gasteiger partial charge on any atom is 0.141 e. The Morgan fingerprint density at radius 2 is 2.31 bits per heavy atom. The minimum Gasteiger partial charge on any atom is -0.313 e. The van der Waals surface area contributed by atoms with Gasteiger partial charge < -0.3 is 5.32 Å². The van der Waals surface area contributed by atoms with E-state index in [0.717, 1.165) is 24.8 Å². The van der Waals surface area contributed by atoms with Crippen molar-refractivity contribution in [1.29, 1.82) is 0 Å². The number of unbranched alkanes of at least 4 members (excludes halogenated alkanes) is 1. The Balaban J connectivity index is 2.71. The maximum absolute atomic E-state index is 13.0. The summed E-state index contributed by atoms with van der Waals surface area (Å²) in [5, 5.41) is 3.34. The van der Waals surface area contributed by atoms with Crippen LogP contribution in [0, 0.1) is 18.2 Å². The first kappa shape index (κ1) is 13.0. The molecule has 16 heavy (non-hydrogen) atoms. The van der Waals surface area contributed by atoms with Crippen LogP contribution in [0.3, 0.4) is 0 Å². The largest absolute Gasteiger partial charge is 0.313 e. The molecule has 1 rings (SSSR count). The van der Waals surface area contributed by atoms with Crippen LogP contribution in [-0.4, -0.2) is 7.05 Å². The van der Waals surface area contributed by atoms with Crippen LogP contribution in [0.5, 0.6) is 0 Å². The first-order chi connectivity index (χ1) is 7.69. The van der Waals surface area contributed by atoms with Gasteiger partial charge in [-0.3, -0.25) is 0 Å². The molecule has 1 aromatic rings. The second kappa shape index (κ2) is 6.52. The Bertz CT molecular complexity index is 384. The zero-order chi connectivity index (χ0) is 12.0. The molecule has 0 radical (unpaired) electrons. The lowest BCUT2D eigenvalue weighted by Gasteiger charge is -2.16. The summed E-state index contributed by atoms with van der Waals surface area (Å²) >= 11 is 5.74. The zero-order valence-electron chi connectivity index (χ0n) is 9.26. The number of halogens is 2. The maximum atomic E-state index is 13.0. The van der Waals surface area contributed by atoms with Crippen LogP contribution in [0.2, 0.25) is 5.02 Å². The average molecular weight is 240 g/mol. The Hall–Kier alpha value is -1.04. The van der Waals surface area contributed by atoms with Gasteiger partial charge >= 0.3 is 0 Å². The van der Waals surface area contributed by atoms with E-state index in [1.165, 1.54) is 6.07 Å². The first-order valence-corrected chi connectivity index (χ1v) is 5.62. The summed E-state index contributed by atoms with van der Waals surface area (Å²) in [5.41, 5.74) is 0.992. The van der Waals surface area contributed by atoms with Gasteiger partial charge in [-0.15, -0.1) is 12.3 Å². The van der Waals surface area contributed by atoms with Crippen molar-refractivity contribution in [2.75, 3.05) is 7.05 Å². The van der Waals surface area contributed by atoms with E-state index in [2.05, 4.69) is 11.2 Å². The van der Waals surface area contributed by atoms with Crippen molar-refractivity contribution in [3.8, 4) is 12.3 Å². The van der Waals surface area contributed by atoms with Crippen LogP contribution in [-0.2, 0) is 0 Å². The third-order valence-corrected chi connectivity index (χ3v) is 2.80. The fourth-order valence-electron chi connectivity index (χ4n) is 1.62. The third-order valence-electron chi connectivity index (χ3n) is 2.51. The van der Waals surface area contributed by atoms with Gasteiger partial charge in [-0.1, -0.05) is 17.7 Å². The second-order valence-electron chi connectivity index (χ2n) is 3.61. The first-order valence-electron chi connectivity index (χ1n) is 5.24. The molecule has 0 spiro atoms. The van der Waals surface area contributed by atoms with Crippen molar-refractivity contribution in [2.45, 2.75) is 25.3 Å². The van der Waals surface area contributed by atoms with Crippen molar-refractivity contribution in [3.05, 3.63) is 34.6 Å². The van der Waals surface area contributed by atoms with Crippen molar-refractivity contribution in [2.24, 2.45) is 0 Å². The highest BCUT2D eigenvalue weighted by molar-refractivity contribution is 6.30. The van der Waals surface area contributed by atoms with Crippen LogP contribution < -0.4 is 5.32 Å². The SMILES string of the molecule is C#CCCCC(NC)c1ccc(F)c(Cl)c1. The fourth-order valence-corrected chi connectivity index (χ4v) is 1.80. The summed E-state index contributed by atoms with van der Waals surface area (Å²) < 4.78 is 13.0. The van der Waals surface area contributed by atoms with Crippen LogP contribution in [0.4, 0.5) is 4.39 Å². The fraction of sp³-hybridized carbons (Fsp3) is 0.385. The number of nitrogens with one attached hydrogen (secondary N) is 1. The van der Waals surface area contributed by atoms with Gasteiger partial charge in [-0.25, -0.2) is 4.39 Å². The smallest absolute Gasteiger partial charge is 0.141 e. The molecule has 0 aromatic heterocycles. The lowest BCUT2D eigenvalue weighted by molar-refractivity contribution is 0.530. The molecule has 0 amide bonds. The van der Waals surface area contributed by atoms with Crippen molar-refractivity contribution >= 4 is 11.6 Å². The molecule has 0 heterocycles. The van der Waals surface area contributed by atoms with Gasteiger partial charge in [-0.05, 0) is 37.6 Å². The molecule has 0 saturated heterocycles. The summed E-state index contributed by atoms with van der Waals surface area (Å²) in [6, 6.07) is 4.97. The average Bonchev–Trinajstić information content (AvgIpc) is 2.29. The van der Waals surface area contributed by atoms with E-state index in [1.807, 2.05) is 7.05 Å². The Labute approximate surface area is 101 Å². The van der Waals surface area contributed by atoms with Gasteiger partial charge in [0.1, 0.15) is 5.82 Å². The minimum atomic E-state index is -0.385. The van der Waals surface area contributed by atoms with E-state index >= 15 is 0 Å². The molecule has 1 N–H and O–H groups in total. The van der Waals surface area contributed by atoms with E-state index in [-0.39, 0.29) is 16.9 Å². The molecule has 1 atom stereocenters. The van der Waals surface area contributed by atoms with Crippen LogP contribution in [0.1, 0.15) is 30.9 Å². The molecule has 0 aliphatic heterocycles. The quantitative estimate of drug-likeness (QED) is 0.612. The summed E-state index contributed by atoms with van der Waals surface area (Å²) in [4.78, 5) is 0. The van der Waals surface area contributed by atoms with Crippen molar-refractivity contribution in [1.82, 2.24) is 5.32 Å². The van der Waals surface area contributed by atoms with Gasteiger partial charge in [0, 0.05) is 12.5 Å². The van der Waals surface area contributed by atoms with E-state index in [4.69, 9.17) is 18.0 Å². The van der Waals surface area contributed by atoms with E-state index in [0.29, 0.717) is 0 Å². The Morgan fingerprint density at radius 1 is 1.56 bits per heavy atom. The topological polar surface area (TPSA) is 12.0 Å². The molecule has 86 valence electrons. The number of hydrogen-bond donors (Lipinski definition) is 1. The lowest BCUT2D eigenvalue weighted by atomic mass is 10.0. The number of terminal acetylenes is 1. The predicted molar refractivity (Wildman–Crippen MR) is 65.9 cm³/mol. The van der Waals surface area contributed by atoms with E-state index < -0.39 is 0 Å². The van der Waals surface area contributed by atoms with Crippen LogP contribution in [0.15, 0.2) is 18.2 Å². The number of hydrogen-bond acceptors (Lipinski definition) is 1. The van der Waals surface area contributed by atoms with E-state index in [1.54, 1.807) is 12.1 Å². The molecular weight excluding hydrogens is 225 g/mol. The summed E-state index contributed by atoms with van der Waals surface area (Å²) in [6.07, 6.45) is 7.82. The summed E-state index contributed by atoms with van der Waals surface area (Å²) in [5.74, 6) is 2.22. The molecule has 1 nitrogen and oxygen atoms in total. The summed E-state index contributed by atoms with van der Waals surface area (Å²) in [6.45, 7) is 0. The molecule has 0 aliphatic carbocycles. The molecular formula is C13H15ClFN. The molecule has 0 bridgehead atoms.